The lowest BCUT2D eigenvalue weighted by atomic mass is 9.99. The van der Waals surface area contributed by atoms with Gasteiger partial charge in [0.05, 0.1) is 13.2 Å². The Morgan fingerprint density at radius 2 is 1.84 bits per heavy atom. The first-order chi connectivity index (χ1) is 15.2. The van der Waals surface area contributed by atoms with Crippen LogP contribution in [-0.4, -0.2) is 43.1 Å². The molecule has 2 aromatic rings. The van der Waals surface area contributed by atoms with E-state index < -0.39 is 12.1 Å². The predicted molar refractivity (Wildman–Crippen MR) is 117 cm³/mol. The zero-order valence-electron chi connectivity index (χ0n) is 17.8. The van der Waals surface area contributed by atoms with Crippen LogP contribution in [0.15, 0.2) is 48.5 Å². The summed E-state index contributed by atoms with van der Waals surface area (Å²) in [5.74, 6) is 1.20. The Morgan fingerprint density at radius 1 is 1.06 bits per heavy atom. The van der Waals surface area contributed by atoms with Crippen molar-refractivity contribution < 1.29 is 19.1 Å². The summed E-state index contributed by atoms with van der Waals surface area (Å²) in [6, 6.07) is 14.7. The van der Waals surface area contributed by atoms with E-state index in [-0.39, 0.29) is 11.9 Å². The maximum Gasteiger partial charge on any atom is 0.321 e. The van der Waals surface area contributed by atoms with Crippen LogP contribution in [0.25, 0.3) is 0 Å². The van der Waals surface area contributed by atoms with Crippen molar-refractivity contribution in [2.75, 3.05) is 26.3 Å². The first-order valence-corrected chi connectivity index (χ1v) is 11.0. The number of carbonyl (C=O) groups is 2. The summed E-state index contributed by atoms with van der Waals surface area (Å²) >= 11 is 0. The van der Waals surface area contributed by atoms with E-state index in [0.29, 0.717) is 19.8 Å². The molecule has 2 aliphatic rings. The molecule has 2 N–H and O–H groups in total. The van der Waals surface area contributed by atoms with Crippen molar-refractivity contribution in [3.8, 4) is 11.5 Å². The van der Waals surface area contributed by atoms with Crippen LogP contribution in [0.5, 0.6) is 11.5 Å². The number of fused-ring (bicyclic) bond motifs is 1. The second-order valence-corrected chi connectivity index (χ2v) is 7.81. The summed E-state index contributed by atoms with van der Waals surface area (Å²) in [4.78, 5) is 27.5. The van der Waals surface area contributed by atoms with Gasteiger partial charge >= 0.3 is 6.03 Å². The number of likely N-dealkylation sites (tertiary alicyclic amines) is 1. The second-order valence-electron chi connectivity index (χ2n) is 7.81. The first-order valence-electron chi connectivity index (χ1n) is 11.0. The minimum Gasteiger partial charge on any atom is -0.490 e. The number of imide groups is 1. The lowest BCUT2D eigenvalue weighted by Gasteiger charge is -2.32. The molecule has 31 heavy (non-hydrogen) atoms. The van der Waals surface area contributed by atoms with Crippen molar-refractivity contribution in [3.05, 3.63) is 59.7 Å². The number of carbonyl (C=O) groups excluding carboxylic acids is 2. The smallest absolute Gasteiger partial charge is 0.321 e. The van der Waals surface area contributed by atoms with Gasteiger partial charge in [0, 0.05) is 19.0 Å². The van der Waals surface area contributed by atoms with Gasteiger partial charge < -0.3 is 14.8 Å². The molecule has 3 amide bonds. The summed E-state index contributed by atoms with van der Waals surface area (Å²) in [6.45, 7) is 4.32. The van der Waals surface area contributed by atoms with Gasteiger partial charge in [0.15, 0.2) is 11.5 Å². The van der Waals surface area contributed by atoms with Crippen LogP contribution in [0.2, 0.25) is 0 Å². The molecule has 0 unspecified atom stereocenters. The summed E-state index contributed by atoms with van der Waals surface area (Å²) in [6.07, 6.45) is 2.75. The molecule has 164 valence electrons. The Balaban J connectivity index is 1.63. The van der Waals surface area contributed by atoms with E-state index in [1.807, 2.05) is 49.4 Å². The van der Waals surface area contributed by atoms with Crippen LogP contribution in [0, 0.1) is 0 Å². The number of nitrogens with zero attached hydrogens (tertiary/aromatic N) is 1. The fraction of sp³-hybridized carbons (Fsp3) is 0.417. The van der Waals surface area contributed by atoms with Crippen LogP contribution in [-0.2, 0) is 4.79 Å². The van der Waals surface area contributed by atoms with E-state index in [0.717, 1.165) is 48.4 Å². The molecule has 7 heteroatoms. The molecule has 2 heterocycles. The third-order valence-electron chi connectivity index (χ3n) is 5.72. The largest absolute Gasteiger partial charge is 0.490 e. The summed E-state index contributed by atoms with van der Waals surface area (Å²) in [5, 5.41) is 5.15. The SMILES string of the molecule is CCNC(=O)NC(=O)[C@@H](c1ccccc1)N1CCC[C@@H]1c1ccc2c(c1)OCCCO2. The molecule has 1 saturated heterocycles. The summed E-state index contributed by atoms with van der Waals surface area (Å²) in [5.41, 5.74) is 1.96. The normalized spacial score (nSPS) is 19.3. The lowest BCUT2D eigenvalue weighted by Crippen LogP contribution is -2.46. The van der Waals surface area contributed by atoms with Gasteiger partial charge in [-0.15, -0.1) is 0 Å². The van der Waals surface area contributed by atoms with Crippen LogP contribution < -0.4 is 20.1 Å². The maximum atomic E-state index is 13.2. The number of nitrogens with one attached hydrogen (secondary N) is 2. The molecular formula is C24H29N3O4. The van der Waals surface area contributed by atoms with Crippen LogP contribution >= 0.6 is 0 Å². The average molecular weight is 424 g/mol. The third-order valence-corrected chi connectivity index (χ3v) is 5.72. The number of rotatable bonds is 5. The van der Waals surface area contributed by atoms with E-state index >= 15 is 0 Å². The molecular weight excluding hydrogens is 394 g/mol. The van der Waals surface area contributed by atoms with E-state index in [9.17, 15) is 9.59 Å². The predicted octanol–water partition coefficient (Wildman–Crippen LogP) is 3.57. The molecule has 4 rings (SSSR count). The van der Waals surface area contributed by atoms with Crippen molar-refractivity contribution in [2.24, 2.45) is 0 Å². The molecule has 1 fully saturated rings. The third kappa shape index (κ3) is 4.82. The highest BCUT2D eigenvalue weighted by Gasteiger charge is 2.37. The molecule has 0 saturated carbocycles. The zero-order chi connectivity index (χ0) is 21.6. The number of benzene rings is 2. The van der Waals surface area contributed by atoms with Gasteiger partial charge in [0.2, 0.25) is 5.91 Å². The Morgan fingerprint density at radius 3 is 2.61 bits per heavy atom. The Hall–Kier alpha value is -3.06. The highest BCUT2D eigenvalue weighted by Crippen LogP contribution is 2.41. The molecule has 0 aromatic heterocycles. The fourth-order valence-corrected chi connectivity index (χ4v) is 4.36. The Kier molecular flexibility index (Phi) is 6.72. The van der Waals surface area contributed by atoms with Crippen LogP contribution in [0.1, 0.15) is 49.4 Å². The second kappa shape index (κ2) is 9.83. The standard InChI is InChI=1S/C24H29N3O4/c1-2-25-24(29)26-23(28)22(17-8-4-3-5-9-17)27-13-6-10-19(27)18-11-12-20-21(16-18)31-15-7-14-30-20/h3-5,8-9,11-12,16,19,22H,2,6-7,10,13-15H2,1H3,(H2,25,26,28,29)/t19-,22-/m1/s1. The van der Waals surface area contributed by atoms with E-state index in [2.05, 4.69) is 21.6 Å². The number of ether oxygens (including phenoxy) is 2. The van der Waals surface area contributed by atoms with Gasteiger partial charge in [-0.3, -0.25) is 15.0 Å². The van der Waals surface area contributed by atoms with Gasteiger partial charge in [-0.2, -0.15) is 0 Å². The van der Waals surface area contributed by atoms with E-state index in [1.54, 1.807) is 0 Å². The molecule has 2 atom stereocenters. The molecule has 2 aromatic carbocycles. The topological polar surface area (TPSA) is 79.9 Å². The summed E-state index contributed by atoms with van der Waals surface area (Å²) < 4.78 is 11.6. The van der Waals surface area contributed by atoms with Gasteiger partial charge in [0.25, 0.3) is 0 Å². The van der Waals surface area contributed by atoms with Gasteiger partial charge in [-0.25, -0.2) is 4.79 Å². The minimum absolute atomic E-state index is 0.0438. The highest BCUT2D eigenvalue weighted by atomic mass is 16.5. The lowest BCUT2D eigenvalue weighted by molar-refractivity contribution is -0.126. The van der Waals surface area contributed by atoms with Gasteiger partial charge in [0.1, 0.15) is 6.04 Å². The maximum absolute atomic E-state index is 13.2. The van der Waals surface area contributed by atoms with Crippen molar-refractivity contribution in [3.63, 3.8) is 0 Å². The number of urea groups is 1. The van der Waals surface area contributed by atoms with Crippen molar-refractivity contribution in [2.45, 2.75) is 38.3 Å². The number of hydrogen-bond acceptors (Lipinski definition) is 5. The van der Waals surface area contributed by atoms with Gasteiger partial charge in [-0.1, -0.05) is 36.4 Å². The number of hydrogen-bond donors (Lipinski definition) is 2. The average Bonchev–Trinajstić information content (AvgIpc) is 3.12. The number of amides is 3. The van der Waals surface area contributed by atoms with E-state index in [1.165, 1.54) is 0 Å². The van der Waals surface area contributed by atoms with Crippen LogP contribution in [0.4, 0.5) is 4.79 Å². The Bertz CT molecular complexity index is 918. The quantitative estimate of drug-likeness (QED) is 0.769. The minimum atomic E-state index is -0.563. The highest BCUT2D eigenvalue weighted by molar-refractivity contribution is 5.97. The Labute approximate surface area is 182 Å². The van der Waals surface area contributed by atoms with Gasteiger partial charge in [-0.05, 0) is 49.6 Å². The molecule has 0 radical (unpaired) electrons. The fourth-order valence-electron chi connectivity index (χ4n) is 4.36. The molecule has 2 aliphatic heterocycles. The van der Waals surface area contributed by atoms with Crippen molar-refractivity contribution in [1.82, 2.24) is 15.5 Å². The molecule has 0 aliphatic carbocycles. The zero-order valence-corrected chi connectivity index (χ0v) is 17.8. The van der Waals surface area contributed by atoms with Crippen LogP contribution in [0.3, 0.4) is 0 Å². The van der Waals surface area contributed by atoms with Crippen molar-refractivity contribution >= 4 is 11.9 Å². The molecule has 7 nitrogen and oxygen atoms in total. The first kappa shape index (κ1) is 21.2. The van der Waals surface area contributed by atoms with Crippen molar-refractivity contribution in [1.29, 1.82) is 0 Å². The molecule has 0 bridgehead atoms. The summed E-state index contributed by atoms with van der Waals surface area (Å²) in [7, 11) is 0. The van der Waals surface area contributed by atoms with E-state index in [4.69, 9.17) is 9.47 Å². The molecule has 0 spiro atoms. The monoisotopic (exact) mass is 423 g/mol.